The van der Waals surface area contributed by atoms with Crippen LogP contribution in [0.5, 0.6) is 11.5 Å². The van der Waals surface area contributed by atoms with Crippen LogP contribution in [-0.2, 0) is 11.3 Å². The number of nitrogens with zero attached hydrogens (tertiary/aromatic N) is 2. The number of ether oxygens (including phenoxy) is 2. The molecule has 3 heterocycles. The molecular formula is C23H31N3O3S. The quantitative estimate of drug-likeness (QED) is 0.768. The first-order valence-corrected chi connectivity index (χ1v) is 11.5. The van der Waals surface area contributed by atoms with Gasteiger partial charge in [-0.05, 0) is 62.0 Å². The Kier molecular flexibility index (Phi) is 6.02. The van der Waals surface area contributed by atoms with E-state index in [4.69, 9.17) is 9.47 Å². The summed E-state index contributed by atoms with van der Waals surface area (Å²) in [5.41, 5.74) is 2.11. The van der Waals surface area contributed by atoms with Gasteiger partial charge in [0.1, 0.15) is 5.01 Å². The summed E-state index contributed by atoms with van der Waals surface area (Å²) in [6.07, 6.45) is 3.91. The fourth-order valence-electron chi connectivity index (χ4n) is 4.07. The van der Waals surface area contributed by atoms with Crippen molar-refractivity contribution in [3.63, 3.8) is 0 Å². The van der Waals surface area contributed by atoms with Crippen LogP contribution in [0.1, 0.15) is 55.8 Å². The number of carbonyl (C=O) groups is 1. The highest BCUT2D eigenvalue weighted by Gasteiger charge is 2.33. The molecule has 1 aromatic heterocycles. The molecule has 0 bridgehead atoms. The van der Waals surface area contributed by atoms with Gasteiger partial charge in [-0.2, -0.15) is 0 Å². The molecule has 1 saturated heterocycles. The number of piperidine rings is 1. The van der Waals surface area contributed by atoms with Crippen LogP contribution in [0, 0.1) is 18.3 Å². The first-order chi connectivity index (χ1) is 14.3. The molecule has 6 nitrogen and oxygen atoms in total. The number of aryl methyl sites for hydroxylation is 1. The first kappa shape index (κ1) is 21.1. The van der Waals surface area contributed by atoms with Gasteiger partial charge in [0.2, 0.25) is 12.7 Å². The van der Waals surface area contributed by atoms with E-state index in [-0.39, 0.29) is 11.9 Å². The van der Waals surface area contributed by atoms with E-state index in [1.165, 1.54) is 11.1 Å². The molecule has 1 atom stereocenters. The first-order valence-electron chi connectivity index (χ1n) is 10.6. The molecular weight excluding hydrogens is 398 g/mol. The lowest BCUT2D eigenvalue weighted by atomic mass is 9.87. The maximum absolute atomic E-state index is 12.7. The van der Waals surface area contributed by atoms with Crippen LogP contribution >= 0.6 is 11.3 Å². The summed E-state index contributed by atoms with van der Waals surface area (Å²) in [7, 11) is 0. The molecule has 0 radical (unpaired) electrons. The lowest BCUT2D eigenvalue weighted by Gasteiger charge is -2.36. The molecule has 0 saturated carbocycles. The van der Waals surface area contributed by atoms with Gasteiger partial charge in [0.25, 0.3) is 0 Å². The largest absolute Gasteiger partial charge is 0.454 e. The standard InChI is InChI=1S/C23H31N3O3S/c1-15-11-18-19(29-14-28-18)12-17(15)13-26-8-5-16(6-9-26)20(21-24-7-10-30-21)25-22(27)23(2,3)4/h7,10-12,16,20H,5-6,8-9,13-14H2,1-4H3,(H,25,27). The van der Waals surface area contributed by atoms with Crippen molar-refractivity contribution in [2.24, 2.45) is 11.3 Å². The van der Waals surface area contributed by atoms with E-state index in [2.05, 4.69) is 34.3 Å². The minimum Gasteiger partial charge on any atom is -0.454 e. The zero-order chi connectivity index (χ0) is 21.3. The van der Waals surface area contributed by atoms with E-state index in [1.54, 1.807) is 11.3 Å². The predicted molar refractivity (Wildman–Crippen MR) is 118 cm³/mol. The fourth-order valence-corrected chi connectivity index (χ4v) is 4.85. The Morgan fingerprint density at radius 1 is 1.27 bits per heavy atom. The Bertz CT molecular complexity index is 884. The monoisotopic (exact) mass is 429 g/mol. The second-order valence-electron chi connectivity index (χ2n) is 9.32. The van der Waals surface area contributed by atoms with Crippen molar-refractivity contribution in [2.75, 3.05) is 19.9 Å². The summed E-state index contributed by atoms with van der Waals surface area (Å²) >= 11 is 1.63. The zero-order valence-corrected chi connectivity index (χ0v) is 19.1. The Morgan fingerprint density at radius 3 is 2.60 bits per heavy atom. The molecule has 162 valence electrons. The Labute approximate surface area is 182 Å². The molecule has 2 aliphatic heterocycles. The van der Waals surface area contributed by atoms with Crippen LogP contribution in [0.4, 0.5) is 0 Å². The Balaban J connectivity index is 1.40. The third-order valence-electron chi connectivity index (χ3n) is 6.01. The Hall–Kier alpha value is -2.12. The van der Waals surface area contributed by atoms with Crippen molar-refractivity contribution in [2.45, 2.75) is 53.1 Å². The average molecular weight is 430 g/mol. The van der Waals surface area contributed by atoms with Crippen molar-refractivity contribution in [3.8, 4) is 11.5 Å². The van der Waals surface area contributed by atoms with Crippen LogP contribution in [0.15, 0.2) is 23.7 Å². The number of benzene rings is 1. The molecule has 1 aromatic carbocycles. The van der Waals surface area contributed by atoms with Crippen LogP contribution in [-0.4, -0.2) is 35.7 Å². The van der Waals surface area contributed by atoms with Gasteiger partial charge in [0.05, 0.1) is 6.04 Å². The predicted octanol–water partition coefficient (Wildman–Crippen LogP) is 4.30. The highest BCUT2D eigenvalue weighted by Crippen LogP contribution is 2.36. The third kappa shape index (κ3) is 4.62. The number of nitrogens with one attached hydrogen (secondary N) is 1. The molecule has 2 aliphatic rings. The van der Waals surface area contributed by atoms with E-state index in [9.17, 15) is 4.79 Å². The number of carbonyl (C=O) groups excluding carboxylic acids is 1. The van der Waals surface area contributed by atoms with E-state index in [1.807, 2.05) is 32.3 Å². The third-order valence-corrected chi connectivity index (χ3v) is 6.87. The van der Waals surface area contributed by atoms with Gasteiger partial charge < -0.3 is 14.8 Å². The zero-order valence-electron chi connectivity index (χ0n) is 18.2. The summed E-state index contributed by atoms with van der Waals surface area (Å²) in [6, 6.07) is 4.18. The van der Waals surface area contributed by atoms with Gasteiger partial charge in [-0.1, -0.05) is 20.8 Å². The highest BCUT2D eigenvalue weighted by molar-refractivity contribution is 7.09. The molecule has 0 spiro atoms. The minimum atomic E-state index is -0.410. The molecule has 7 heteroatoms. The Morgan fingerprint density at radius 2 is 1.97 bits per heavy atom. The van der Waals surface area contributed by atoms with Crippen LogP contribution < -0.4 is 14.8 Å². The second kappa shape index (κ2) is 8.55. The number of likely N-dealkylation sites (tertiary alicyclic amines) is 1. The van der Waals surface area contributed by atoms with Crippen LogP contribution in [0.3, 0.4) is 0 Å². The number of hydrogen-bond acceptors (Lipinski definition) is 6. The molecule has 4 rings (SSSR count). The molecule has 0 aliphatic carbocycles. The maximum Gasteiger partial charge on any atom is 0.231 e. The number of aromatic nitrogens is 1. The van der Waals surface area contributed by atoms with Gasteiger partial charge in [0, 0.05) is 23.5 Å². The van der Waals surface area contributed by atoms with E-state index in [0.717, 1.165) is 49.0 Å². The van der Waals surface area contributed by atoms with Gasteiger partial charge in [-0.25, -0.2) is 4.98 Å². The van der Waals surface area contributed by atoms with E-state index in [0.29, 0.717) is 12.7 Å². The van der Waals surface area contributed by atoms with E-state index < -0.39 is 5.41 Å². The van der Waals surface area contributed by atoms with Gasteiger partial charge in [0.15, 0.2) is 11.5 Å². The number of hydrogen-bond donors (Lipinski definition) is 1. The summed E-state index contributed by atoms with van der Waals surface area (Å²) < 4.78 is 11.0. The van der Waals surface area contributed by atoms with E-state index >= 15 is 0 Å². The number of thiazole rings is 1. The van der Waals surface area contributed by atoms with Gasteiger partial charge in [-0.3, -0.25) is 9.69 Å². The van der Waals surface area contributed by atoms with Crippen LogP contribution in [0.2, 0.25) is 0 Å². The number of rotatable bonds is 5. The summed E-state index contributed by atoms with van der Waals surface area (Å²) in [5.74, 6) is 2.17. The number of amides is 1. The molecule has 1 fully saturated rings. The second-order valence-corrected chi connectivity index (χ2v) is 10.2. The minimum absolute atomic E-state index is 0.00819. The highest BCUT2D eigenvalue weighted by atomic mass is 32.1. The van der Waals surface area contributed by atoms with Gasteiger partial charge in [-0.15, -0.1) is 11.3 Å². The molecule has 2 aromatic rings. The maximum atomic E-state index is 12.7. The molecule has 30 heavy (non-hydrogen) atoms. The smallest absolute Gasteiger partial charge is 0.231 e. The van der Waals surface area contributed by atoms with Crippen molar-refractivity contribution in [1.82, 2.24) is 15.2 Å². The average Bonchev–Trinajstić information content (AvgIpc) is 3.38. The summed E-state index contributed by atoms with van der Waals surface area (Å²) in [6.45, 7) is 11.2. The fraction of sp³-hybridized carbons (Fsp3) is 0.565. The number of fused-ring (bicyclic) bond motifs is 1. The van der Waals surface area contributed by atoms with Gasteiger partial charge >= 0.3 is 0 Å². The normalized spacial score (nSPS) is 18.4. The van der Waals surface area contributed by atoms with Crippen molar-refractivity contribution in [1.29, 1.82) is 0 Å². The molecule has 1 N–H and O–H groups in total. The summed E-state index contributed by atoms with van der Waals surface area (Å²) in [5, 5.41) is 6.29. The lowest BCUT2D eigenvalue weighted by molar-refractivity contribution is -0.129. The molecule has 1 amide bonds. The summed E-state index contributed by atoms with van der Waals surface area (Å²) in [4.78, 5) is 19.7. The van der Waals surface area contributed by atoms with Crippen molar-refractivity contribution < 1.29 is 14.3 Å². The van der Waals surface area contributed by atoms with Crippen molar-refractivity contribution in [3.05, 3.63) is 39.8 Å². The SMILES string of the molecule is Cc1cc2c(cc1CN1CCC(C(NC(=O)C(C)(C)C)c3nccs3)CC1)OCO2. The lowest BCUT2D eigenvalue weighted by Crippen LogP contribution is -2.43. The van der Waals surface area contributed by atoms with Crippen molar-refractivity contribution >= 4 is 17.2 Å². The van der Waals surface area contributed by atoms with Crippen LogP contribution in [0.25, 0.3) is 0 Å². The molecule has 1 unspecified atom stereocenters. The topological polar surface area (TPSA) is 63.7 Å².